The number of piperidine rings is 1. The Morgan fingerprint density at radius 1 is 1.00 bits per heavy atom. The number of benzene rings is 3. The van der Waals surface area contributed by atoms with E-state index in [1.54, 1.807) is 24.3 Å². The maximum absolute atomic E-state index is 14.1. The number of amides is 2. The minimum absolute atomic E-state index is 0.0209. The van der Waals surface area contributed by atoms with Crippen molar-refractivity contribution in [2.45, 2.75) is 75.2 Å². The summed E-state index contributed by atoms with van der Waals surface area (Å²) in [5, 5.41) is 21.3. The minimum Gasteiger partial charge on any atom is -0.352 e. The molecule has 2 fully saturated rings. The first-order valence-corrected chi connectivity index (χ1v) is 15.7. The summed E-state index contributed by atoms with van der Waals surface area (Å²) in [7, 11) is 0. The second-order valence-electron chi connectivity index (χ2n) is 13.2. The van der Waals surface area contributed by atoms with E-state index in [0.717, 1.165) is 30.4 Å². The zero-order valence-corrected chi connectivity index (χ0v) is 25.9. The van der Waals surface area contributed by atoms with E-state index in [-0.39, 0.29) is 52.6 Å². The second-order valence-corrected chi connectivity index (χ2v) is 13.9. The minimum atomic E-state index is -0.608. The van der Waals surface area contributed by atoms with E-state index in [0.29, 0.717) is 16.8 Å². The van der Waals surface area contributed by atoms with Gasteiger partial charge in [-0.1, -0.05) is 75.4 Å². The fourth-order valence-electron chi connectivity index (χ4n) is 7.14. The van der Waals surface area contributed by atoms with Crippen LogP contribution in [0.1, 0.15) is 85.5 Å². The van der Waals surface area contributed by atoms with Crippen LogP contribution in [0.25, 0.3) is 0 Å². The maximum atomic E-state index is 14.1. The quantitative estimate of drug-likeness (QED) is 0.188. The smallest absolute Gasteiger partial charge is 0.274 e. The molecule has 1 saturated carbocycles. The zero-order valence-electron chi connectivity index (χ0n) is 25.2. The maximum Gasteiger partial charge on any atom is 0.274 e. The van der Waals surface area contributed by atoms with E-state index in [9.17, 15) is 19.7 Å². The number of nitro groups is 1. The number of nitrogens with one attached hydrogen (secondary N) is 1. The summed E-state index contributed by atoms with van der Waals surface area (Å²) in [6.45, 7) is 6.34. The van der Waals surface area contributed by atoms with Gasteiger partial charge in [-0.2, -0.15) is 5.10 Å². The van der Waals surface area contributed by atoms with Gasteiger partial charge in [0.2, 0.25) is 5.91 Å². The van der Waals surface area contributed by atoms with Gasteiger partial charge >= 0.3 is 0 Å². The van der Waals surface area contributed by atoms with Gasteiger partial charge in [0.05, 0.1) is 22.6 Å². The van der Waals surface area contributed by atoms with Gasteiger partial charge in [-0.25, -0.2) is 5.01 Å². The summed E-state index contributed by atoms with van der Waals surface area (Å²) < 4.78 is 0. The Labute approximate surface area is 262 Å². The molecule has 1 aliphatic carbocycles. The molecule has 0 bridgehead atoms. The molecule has 9 heteroatoms. The standard InChI is InChI=1S/C35H37ClN4O4/c1-35(2,3)24-14-12-22(13-15-24)34(42)39-30(23-10-7-11-26(18-23)40(43)44)20-29(38-39)32-31(21-8-5-4-6-9-21)27-19-25(36)16-17-28(27)37-33(32)41/h4-15,18,25,27-28,30-32H,16-17,19-20H2,1-3H3,(H,37,41). The van der Waals surface area contributed by atoms with Crippen LogP contribution in [0.2, 0.25) is 0 Å². The molecule has 228 valence electrons. The molecule has 1 saturated heterocycles. The molecule has 0 spiro atoms. The number of hydrazone groups is 1. The van der Waals surface area contributed by atoms with Crippen LogP contribution in [-0.4, -0.2) is 38.9 Å². The van der Waals surface area contributed by atoms with Crippen molar-refractivity contribution in [2.24, 2.45) is 16.9 Å². The normalized spacial score (nSPS) is 26.9. The van der Waals surface area contributed by atoms with Crippen molar-refractivity contribution in [1.82, 2.24) is 10.3 Å². The van der Waals surface area contributed by atoms with Gasteiger partial charge in [-0.3, -0.25) is 19.7 Å². The van der Waals surface area contributed by atoms with Crippen LogP contribution >= 0.6 is 11.6 Å². The van der Waals surface area contributed by atoms with Crippen LogP contribution in [0.4, 0.5) is 5.69 Å². The van der Waals surface area contributed by atoms with E-state index in [1.807, 2.05) is 30.3 Å². The molecule has 3 aliphatic rings. The lowest BCUT2D eigenvalue weighted by Gasteiger charge is -2.46. The third-order valence-corrected chi connectivity index (χ3v) is 9.81. The van der Waals surface area contributed by atoms with Crippen molar-refractivity contribution < 1.29 is 14.5 Å². The van der Waals surface area contributed by atoms with Crippen LogP contribution in [-0.2, 0) is 10.2 Å². The molecule has 1 N–H and O–H groups in total. The first-order chi connectivity index (χ1) is 21.0. The van der Waals surface area contributed by atoms with E-state index in [1.165, 1.54) is 17.1 Å². The molecule has 3 aromatic rings. The lowest BCUT2D eigenvalue weighted by molar-refractivity contribution is -0.384. The van der Waals surface area contributed by atoms with Crippen LogP contribution in [0, 0.1) is 22.0 Å². The molecule has 44 heavy (non-hydrogen) atoms. The highest BCUT2D eigenvalue weighted by molar-refractivity contribution is 6.20. The lowest BCUT2D eigenvalue weighted by atomic mass is 9.64. The summed E-state index contributed by atoms with van der Waals surface area (Å²) >= 11 is 6.70. The molecule has 6 atom stereocenters. The highest BCUT2D eigenvalue weighted by Gasteiger charge is 2.51. The number of nitrogens with zero attached hydrogens (tertiary/aromatic N) is 3. The second kappa shape index (κ2) is 11.8. The largest absolute Gasteiger partial charge is 0.352 e. The number of nitro benzene ring substituents is 1. The number of rotatable bonds is 5. The molecule has 0 radical (unpaired) electrons. The highest BCUT2D eigenvalue weighted by atomic mass is 35.5. The summed E-state index contributed by atoms with van der Waals surface area (Å²) in [6.07, 6.45) is 2.73. The van der Waals surface area contributed by atoms with E-state index < -0.39 is 16.9 Å². The molecule has 0 aromatic heterocycles. The molecule has 2 amide bonds. The molecule has 2 heterocycles. The molecule has 8 nitrogen and oxygen atoms in total. The molecule has 3 aromatic carbocycles. The fourth-order valence-corrected chi connectivity index (χ4v) is 7.48. The molecular weight excluding hydrogens is 576 g/mol. The Hall–Kier alpha value is -4.04. The lowest BCUT2D eigenvalue weighted by Crippen LogP contribution is -2.57. The number of non-ortho nitro benzene ring substituents is 1. The van der Waals surface area contributed by atoms with Crippen molar-refractivity contribution in [1.29, 1.82) is 0 Å². The monoisotopic (exact) mass is 612 g/mol. The first kappa shape index (κ1) is 30.0. The number of carbonyl (C=O) groups excluding carboxylic acids is 2. The topological polar surface area (TPSA) is 105 Å². The van der Waals surface area contributed by atoms with E-state index in [2.05, 4.69) is 38.2 Å². The number of hydrogen-bond acceptors (Lipinski definition) is 5. The Bertz CT molecular complexity index is 1600. The predicted octanol–water partition coefficient (Wildman–Crippen LogP) is 7.14. The van der Waals surface area contributed by atoms with E-state index >= 15 is 0 Å². The molecular formula is C35H37ClN4O4. The van der Waals surface area contributed by atoms with E-state index in [4.69, 9.17) is 16.7 Å². The number of fused-ring (bicyclic) bond motifs is 1. The van der Waals surface area contributed by atoms with Gasteiger partial charge in [0.1, 0.15) is 0 Å². The van der Waals surface area contributed by atoms with Crippen molar-refractivity contribution in [3.05, 3.63) is 111 Å². The van der Waals surface area contributed by atoms with Gasteiger partial charge in [0.25, 0.3) is 11.6 Å². The van der Waals surface area contributed by atoms with Gasteiger partial charge in [0, 0.05) is 41.5 Å². The first-order valence-electron chi connectivity index (χ1n) is 15.3. The van der Waals surface area contributed by atoms with Gasteiger partial charge in [-0.05, 0) is 59.4 Å². The van der Waals surface area contributed by atoms with Crippen LogP contribution in [0.15, 0.2) is 84.0 Å². The van der Waals surface area contributed by atoms with Crippen molar-refractivity contribution in [3.63, 3.8) is 0 Å². The average Bonchev–Trinajstić information content (AvgIpc) is 3.45. The van der Waals surface area contributed by atoms with Crippen LogP contribution in [0.5, 0.6) is 0 Å². The fraction of sp³-hybridized carbons (Fsp3) is 0.400. The number of carbonyl (C=O) groups is 2. The number of halogens is 1. The highest BCUT2D eigenvalue weighted by Crippen LogP contribution is 2.48. The van der Waals surface area contributed by atoms with Gasteiger partial charge < -0.3 is 5.32 Å². The predicted molar refractivity (Wildman–Crippen MR) is 171 cm³/mol. The Kier molecular flexibility index (Phi) is 8.05. The summed E-state index contributed by atoms with van der Waals surface area (Å²) in [4.78, 5) is 39.3. The summed E-state index contributed by atoms with van der Waals surface area (Å²) in [5.41, 5.74) is 3.66. The third kappa shape index (κ3) is 5.75. The molecule has 6 rings (SSSR count). The van der Waals surface area contributed by atoms with Gasteiger partial charge in [-0.15, -0.1) is 11.6 Å². The Morgan fingerprint density at radius 3 is 2.39 bits per heavy atom. The van der Waals surface area contributed by atoms with Crippen LogP contribution < -0.4 is 5.32 Å². The number of hydrogen-bond donors (Lipinski definition) is 1. The average molecular weight is 613 g/mol. The third-order valence-electron chi connectivity index (χ3n) is 9.42. The Morgan fingerprint density at radius 2 is 1.70 bits per heavy atom. The zero-order chi connectivity index (χ0) is 31.2. The van der Waals surface area contributed by atoms with Gasteiger partial charge in [0.15, 0.2) is 0 Å². The van der Waals surface area contributed by atoms with Crippen LogP contribution in [0.3, 0.4) is 0 Å². The van der Waals surface area contributed by atoms with Crippen molar-refractivity contribution in [2.75, 3.05) is 0 Å². The van der Waals surface area contributed by atoms with Crippen molar-refractivity contribution in [3.8, 4) is 0 Å². The number of alkyl halides is 1. The molecule has 2 aliphatic heterocycles. The van der Waals surface area contributed by atoms with Crippen molar-refractivity contribution >= 4 is 34.8 Å². The SMILES string of the molecule is CC(C)(C)c1ccc(C(=O)N2N=C(C3C(=O)NC4CCC(Cl)CC4C3c3ccccc3)CC2c2cccc([N+](=O)[O-])c2)cc1. The summed E-state index contributed by atoms with van der Waals surface area (Å²) in [5.74, 6) is -1.08. The summed E-state index contributed by atoms with van der Waals surface area (Å²) in [6, 6.07) is 23.3. The molecule has 6 unspecified atom stereocenters. The Balaban J connectivity index is 1.42.